The van der Waals surface area contributed by atoms with Crippen LogP contribution in [-0.2, 0) is 4.79 Å². The predicted octanol–water partition coefficient (Wildman–Crippen LogP) is 2.75. The lowest BCUT2D eigenvalue weighted by Gasteiger charge is -2.11. The Bertz CT molecular complexity index is 586. The van der Waals surface area contributed by atoms with Crippen LogP contribution < -0.4 is 5.73 Å². The van der Waals surface area contributed by atoms with Crippen LogP contribution in [0, 0.1) is 0 Å². The number of carbonyl (C=O) groups is 1. The fourth-order valence-corrected chi connectivity index (χ4v) is 1.95. The maximum absolute atomic E-state index is 10.5. The van der Waals surface area contributed by atoms with Crippen LogP contribution in [0.3, 0.4) is 0 Å². The van der Waals surface area contributed by atoms with Gasteiger partial charge in [-0.25, -0.2) is 0 Å². The molecule has 1 atom stereocenters. The van der Waals surface area contributed by atoms with E-state index in [1.807, 2.05) is 18.2 Å². The fraction of sp³-hybridized carbons (Fsp3) is 0.231. The van der Waals surface area contributed by atoms with Crippen molar-refractivity contribution in [1.29, 1.82) is 0 Å². The van der Waals surface area contributed by atoms with E-state index in [2.05, 4.69) is 4.98 Å². The predicted molar refractivity (Wildman–Crippen MR) is 70.6 cm³/mol. The highest BCUT2D eigenvalue weighted by Crippen LogP contribution is 2.22. The van der Waals surface area contributed by atoms with Crippen molar-refractivity contribution in [2.45, 2.75) is 18.9 Å². The summed E-state index contributed by atoms with van der Waals surface area (Å²) in [6, 6.07) is 7.01. The zero-order valence-corrected chi connectivity index (χ0v) is 10.4. The summed E-state index contributed by atoms with van der Waals surface area (Å²) < 4.78 is 0. The van der Waals surface area contributed by atoms with Crippen LogP contribution in [0.25, 0.3) is 10.9 Å². The number of fused-ring (bicyclic) bond motifs is 1. The van der Waals surface area contributed by atoms with Gasteiger partial charge in [0.25, 0.3) is 0 Å². The van der Waals surface area contributed by atoms with Gasteiger partial charge in [-0.05, 0) is 36.2 Å². The van der Waals surface area contributed by atoms with Crippen LogP contribution in [0.15, 0.2) is 30.5 Å². The average Bonchev–Trinajstić information content (AvgIpc) is 2.34. The van der Waals surface area contributed by atoms with Crippen LogP contribution in [0.5, 0.6) is 0 Å². The minimum absolute atomic E-state index is 0.0503. The van der Waals surface area contributed by atoms with Gasteiger partial charge in [0.2, 0.25) is 0 Å². The van der Waals surface area contributed by atoms with Gasteiger partial charge in [0.15, 0.2) is 0 Å². The van der Waals surface area contributed by atoms with E-state index in [4.69, 9.17) is 22.4 Å². The second-order valence-electron chi connectivity index (χ2n) is 4.14. The molecule has 5 heteroatoms. The lowest BCUT2D eigenvalue weighted by atomic mass is 10.0. The van der Waals surface area contributed by atoms with Crippen molar-refractivity contribution in [2.75, 3.05) is 0 Å². The number of carboxylic acid groups (broad SMARTS) is 1. The molecular weight excluding hydrogens is 252 g/mol. The third-order valence-electron chi connectivity index (χ3n) is 2.76. The molecule has 0 aliphatic carbocycles. The van der Waals surface area contributed by atoms with E-state index in [1.54, 1.807) is 12.3 Å². The Labute approximate surface area is 109 Å². The van der Waals surface area contributed by atoms with Gasteiger partial charge in [0.1, 0.15) is 0 Å². The number of aromatic nitrogens is 1. The molecule has 1 unspecified atom stereocenters. The van der Waals surface area contributed by atoms with Crippen LogP contribution in [0.2, 0.25) is 5.02 Å². The van der Waals surface area contributed by atoms with Gasteiger partial charge in [-0.3, -0.25) is 9.78 Å². The number of hydrogen-bond donors (Lipinski definition) is 2. The van der Waals surface area contributed by atoms with E-state index in [-0.39, 0.29) is 12.5 Å². The van der Waals surface area contributed by atoms with E-state index in [0.717, 1.165) is 16.5 Å². The minimum Gasteiger partial charge on any atom is -0.481 e. The zero-order chi connectivity index (χ0) is 13.1. The number of aliphatic carboxylic acids is 1. The topological polar surface area (TPSA) is 76.2 Å². The lowest BCUT2D eigenvalue weighted by Crippen LogP contribution is -2.12. The summed E-state index contributed by atoms with van der Waals surface area (Å²) in [4.78, 5) is 14.8. The number of carboxylic acids is 1. The smallest absolute Gasteiger partial charge is 0.303 e. The molecule has 18 heavy (non-hydrogen) atoms. The summed E-state index contributed by atoms with van der Waals surface area (Å²) in [5.41, 5.74) is 7.60. The van der Waals surface area contributed by atoms with Crippen molar-refractivity contribution < 1.29 is 9.90 Å². The first kappa shape index (κ1) is 12.8. The number of hydrogen-bond acceptors (Lipinski definition) is 3. The fourth-order valence-electron chi connectivity index (χ4n) is 1.77. The number of benzene rings is 1. The summed E-state index contributed by atoms with van der Waals surface area (Å²) in [5, 5.41) is 10.2. The normalized spacial score (nSPS) is 12.6. The van der Waals surface area contributed by atoms with Crippen molar-refractivity contribution >= 4 is 28.5 Å². The molecule has 0 radical (unpaired) electrons. The first-order valence-electron chi connectivity index (χ1n) is 5.59. The highest BCUT2D eigenvalue weighted by molar-refractivity contribution is 6.31. The largest absolute Gasteiger partial charge is 0.481 e. The Morgan fingerprint density at radius 1 is 1.44 bits per heavy atom. The Balaban J connectivity index is 2.25. The number of rotatable bonds is 4. The van der Waals surface area contributed by atoms with Gasteiger partial charge >= 0.3 is 5.97 Å². The second kappa shape index (κ2) is 5.33. The Hall–Kier alpha value is -1.65. The third-order valence-corrected chi connectivity index (χ3v) is 3.00. The van der Waals surface area contributed by atoms with Crippen molar-refractivity contribution in [1.82, 2.24) is 4.98 Å². The third kappa shape index (κ3) is 2.97. The maximum Gasteiger partial charge on any atom is 0.303 e. The molecular formula is C13H13ClN2O2. The van der Waals surface area contributed by atoms with Crippen molar-refractivity contribution in [2.24, 2.45) is 5.73 Å². The van der Waals surface area contributed by atoms with E-state index < -0.39 is 5.97 Å². The molecule has 0 aliphatic rings. The SMILES string of the molecule is NC(CCC(=O)O)c1cnc2ccc(Cl)cc2c1. The number of nitrogens with two attached hydrogens (primary N) is 1. The maximum atomic E-state index is 10.5. The lowest BCUT2D eigenvalue weighted by molar-refractivity contribution is -0.137. The Morgan fingerprint density at radius 2 is 2.22 bits per heavy atom. The molecule has 94 valence electrons. The molecule has 3 N–H and O–H groups in total. The first-order chi connectivity index (χ1) is 8.56. The van der Waals surface area contributed by atoms with Gasteiger partial charge in [-0.2, -0.15) is 0 Å². The van der Waals surface area contributed by atoms with Gasteiger partial charge in [0, 0.05) is 29.1 Å². The van der Waals surface area contributed by atoms with Gasteiger partial charge in [-0.1, -0.05) is 11.6 Å². The van der Waals surface area contributed by atoms with Crippen LogP contribution >= 0.6 is 11.6 Å². The van der Waals surface area contributed by atoms with E-state index in [1.165, 1.54) is 0 Å². The Kier molecular flexibility index (Phi) is 3.79. The molecule has 4 nitrogen and oxygen atoms in total. The highest BCUT2D eigenvalue weighted by Gasteiger charge is 2.09. The molecule has 2 aromatic rings. The summed E-state index contributed by atoms with van der Waals surface area (Å²) in [5.74, 6) is -0.845. The molecule has 1 aromatic heterocycles. The van der Waals surface area contributed by atoms with Gasteiger partial charge in [0.05, 0.1) is 5.52 Å². The summed E-state index contributed by atoms with van der Waals surface area (Å²) in [6.07, 6.45) is 2.13. The highest BCUT2D eigenvalue weighted by atomic mass is 35.5. The molecule has 0 bridgehead atoms. The standard InChI is InChI=1S/C13H13ClN2O2/c14-10-1-3-12-8(6-10)5-9(7-16-12)11(15)2-4-13(17)18/h1,3,5-7,11H,2,4,15H2,(H,17,18). The van der Waals surface area contributed by atoms with Crippen molar-refractivity contribution in [3.8, 4) is 0 Å². The molecule has 0 saturated carbocycles. The van der Waals surface area contributed by atoms with E-state index in [9.17, 15) is 4.79 Å². The van der Waals surface area contributed by atoms with Crippen molar-refractivity contribution in [3.63, 3.8) is 0 Å². The Morgan fingerprint density at radius 3 is 2.94 bits per heavy atom. The quantitative estimate of drug-likeness (QED) is 0.890. The molecule has 0 aliphatic heterocycles. The summed E-state index contributed by atoms with van der Waals surface area (Å²) >= 11 is 5.92. The number of halogens is 1. The van der Waals surface area contributed by atoms with Crippen LogP contribution in [0.4, 0.5) is 0 Å². The van der Waals surface area contributed by atoms with Gasteiger partial charge in [-0.15, -0.1) is 0 Å². The molecule has 0 spiro atoms. The monoisotopic (exact) mass is 264 g/mol. The van der Waals surface area contributed by atoms with Crippen molar-refractivity contribution in [3.05, 3.63) is 41.0 Å². The minimum atomic E-state index is -0.845. The first-order valence-corrected chi connectivity index (χ1v) is 5.96. The molecule has 2 rings (SSSR count). The molecule has 0 amide bonds. The molecule has 0 fully saturated rings. The molecule has 1 aromatic carbocycles. The van der Waals surface area contributed by atoms with Crippen LogP contribution in [0.1, 0.15) is 24.4 Å². The zero-order valence-electron chi connectivity index (χ0n) is 9.64. The number of pyridine rings is 1. The summed E-state index contributed by atoms with van der Waals surface area (Å²) in [6.45, 7) is 0. The van der Waals surface area contributed by atoms with E-state index >= 15 is 0 Å². The van der Waals surface area contributed by atoms with Crippen LogP contribution in [-0.4, -0.2) is 16.1 Å². The van der Waals surface area contributed by atoms with E-state index in [0.29, 0.717) is 11.4 Å². The summed E-state index contributed by atoms with van der Waals surface area (Å²) in [7, 11) is 0. The second-order valence-corrected chi connectivity index (χ2v) is 4.58. The number of nitrogens with zero attached hydrogens (tertiary/aromatic N) is 1. The molecule has 0 saturated heterocycles. The molecule has 1 heterocycles. The average molecular weight is 265 g/mol. The van der Waals surface area contributed by atoms with Gasteiger partial charge < -0.3 is 10.8 Å².